The van der Waals surface area contributed by atoms with Gasteiger partial charge in [-0.15, -0.1) is 0 Å². The number of nitrogens with one attached hydrogen (secondary N) is 1. The summed E-state index contributed by atoms with van der Waals surface area (Å²) in [6, 6.07) is 1.24. The maximum atomic E-state index is 12.6. The summed E-state index contributed by atoms with van der Waals surface area (Å²) in [5, 5.41) is 2.52. The van der Waals surface area contributed by atoms with Crippen LogP contribution in [-0.4, -0.2) is 50.3 Å². The summed E-state index contributed by atoms with van der Waals surface area (Å²) in [6.45, 7) is 6.03. The van der Waals surface area contributed by atoms with Crippen LogP contribution in [0.25, 0.3) is 0 Å². The van der Waals surface area contributed by atoms with Crippen LogP contribution in [0.5, 0.6) is 0 Å². The summed E-state index contributed by atoms with van der Waals surface area (Å²) in [5.41, 5.74) is 0. The number of esters is 1. The Morgan fingerprint density at radius 3 is 2.56 bits per heavy atom. The van der Waals surface area contributed by atoms with Crippen molar-refractivity contribution in [2.45, 2.75) is 51.0 Å². The molecular formula is C16H24N2O6S. The summed E-state index contributed by atoms with van der Waals surface area (Å²) >= 11 is 0. The molecule has 0 atom stereocenters. The zero-order valence-corrected chi connectivity index (χ0v) is 15.5. The molecule has 2 rings (SSSR count). The highest BCUT2D eigenvalue weighted by molar-refractivity contribution is 7.89. The largest absolute Gasteiger partial charge is 0.463 e. The summed E-state index contributed by atoms with van der Waals surface area (Å²) in [6.07, 6.45) is 1.48. The molecule has 1 aromatic rings. The first-order valence-electron chi connectivity index (χ1n) is 8.30. The van der Waals surface area contributed by atoms with E-state index in [4.69, 9.17) is 9.15 Å². The number of carbonyl (C=O) groups is 2. The molecule has 140 valence electrons. The van der Waals surface area contributed by atoms with E-state index < -0.39 is 21.9 Å². The number of hydrogen-bond acceptors (Lipinski definition) is 6. The number of nitrogens with zero attached hydrogens (tertiary/aromatic N) is 1. The summed E-state index contributed by atoms with van der Waals surface area (Å²) < 4.78 is 36.8. The molecule has 1 saturated heterocycles. The van der Waals surface area contributed by atoms with E-state index in [-0.39, 0.29) is 35.5 Å². The second-order valence-electron chi connectivity index (χ2n) is 6.19. The fourth-order valence-corrected chi connectivity index (χ4v) is 4.27. The van der Waals surface area contributed by atoms with Crippen LogP contribution >= 0.6 is 0 Å². The minimum Gasteiger partial charge on any atom is -0.463 e. The lowest BCUT2D eigenvalue weighted by atomic mass is 10.3. The van der Waals surface area contributed by atoms with Crippen molar-refractivity contribution < 1.29 is 27.2 Å². The van der Waals surface area contributed by atoms with Crippen molar-refractivity contribution in [2.75, 3.05) is 19.6 Å². The zero-order valence-electron chi connectivity index (χ0n) is 14.7. The minimum absolute atomic E-state index is 0.0127. The topological polar surface area (TPSA) is 106 Å². The van der Waals surface area contributed by atoms with Crippen molar-refractivity contribution in [3.8, 4) is 0 Å². The van der Waals surface area contributed by atoms with E-state index in [1.54, 1.807) is 13.8 Å². The van der Waals surface area contributed by atoms with Gasteiger partial charge in [0.25, 0.3) is 5.91 Å². The molecule has 0 aromatic carbocycles. The van der Waals surface area contributed by atoms with Crippen molar-refractivity contribution in [1.29, 1.82) is 0 Å². The average molecular weight is 372 g/mol. The van der Waals surface area contributed by atoms with Crippen LogP contribution in [0, 0.1) is 6.92 Å². The maximum Gasteiger partial charge on any atom is 0.307 e. The molecule has 0 saturated carbocycles. The number of furan rings is 1. The first-order valence-corrected chi connectivity index (χ1v) is 9.74. The van der Waals surface area contributed by atoms with Gasteiger partial charge in [0.2, 0.25) is 10.0 Å². The zero-order chi connectivity index (χ0) is 18.6. The van der Waals surface area contributed by atoms with E-state index in [0.717, 1.165) is 12.8 Å². The molecule has 1 aromatic heterocycles. The standard InChI is InChI=1S/C16H24N2O6S/c1-11(2)23-15(19)6-7-17-16(20)13-10-14(12(3)24-13)25(21,22)18-8-4-5-9-18/h10-11H,4-9H2,1-3H3,(H,17,20). The van der Waals surface area contributed by atoms with Crippen LogP contribution in [0.4, 0.5) is 0 Å². The van der Waals surface area contributed by atoms with Crippen LogP contribution in [-0.2, 0) is 19.6 Å². The van der Waals surface area contributed by atoms with Crippen molar-refractivity contribution in [2.24, 2.45) is 0 Å². The second-order valence-corrected chi connectivity index (χ2v) is 8.09. The van der Waals surface area contributed by atoms with Crippen LogP contribution in [0.3, 0.4) is 0 Å². The Kier molecular flexibility index (Phi) is 6.23. The monoisotopic (exact) mass is 372 g/mol. The Morgan fingerprint density at radius 1 is 1.32 bits per heavy atom. The van der Waals surface area contributed by atoms with E-state index in [9.17, 15) is 18.0 Å². The maximum absolute atomic E-state index is 12.6. The predicted octanol–water partition coefficient (Wildman–Crippen LogP) is 1.44. The lowest BCUT2D eigenvalue weighted by Crippen LogP contribution is -2.28. The van der Waals surface area contributed by atoms with Gasteiger partial charge in [0.1, 0.15) is 10.7 Å². The van der Waals surface area contributed by atoms with E-state index in [0.29, 0.717) is 13.1 Å². The molecule has 25 heavy (non-hydrogen) atoms. The molecule has 2 heterocycles. The average Bonchev–Trinajstić information content (AvgIpc) is 3.15. The number of sulfonamides is 1. The molecule has 0 unspecified atom stereocenters. The van der Waals surface area contributed by atoms with Gasteiger partial charge in [-0.1, -0.05) is 0 Å². The second kappa shape index (κ2) is 8.01. The molecule has 0 aliphatic carbocycles. The lowest BCUT2D eigenvalue weighted by molar-refractivity contribution is -0.147. The SMILES string of the molecule is Cc1oc(C(=O)NCCC(=O)OC(C)C)cc1S(=O)(=O)N1CCCC1. The molecule has 1 aliphatic heterocycles. The summed E-state index contributed by atoms with van der Waals surface area (Å²) in [5.74, 6) is -0.893. The van der Waals surface area contributed by atoms with Gasteiger partial charge in [0, 0.05) is 25.7 Å². The van der Waals surface area contributed by atoms with Gasteiger partial charge >= 0.3 is 5.97 Å². The van der Waals surface area contributed by atoms with E-state index in [1.807, 2.05) is 0 Å². The third-order valence-electron chi connectivity index (χ3n) is 3.76. The highest BCUT2D eigenvalue weighted by atomic mass is 32.2. The fourth-order valence-electron chi connectivity index (χ4n) is 2.59. The Labute approximate surface area is 147 Å². The third kappa shape index (κ3) is 4.82. The number of amides is 1. The highest BCUT2D eigenvalue weighted by Crippen LogP contribution is 2.26. The smallest absolute Gasteiger partial charge is 0.307 e. The van der Waals surface area contributed by atoms with Gasteiger partial charge in [-0.25, -0.2) is 8.42 Å². The summed E-state index contributed by atoms with van der Waals surface area (Å²) in [4.78, 5) is 23.5. The van der Waals surface area contributed by atoms with Crippen molar-refractivity contribution in [1.82, 2.24) is 9.62 Å². The number of rotatable bonds is 7. The van der Waals surface area contributed by atoms with E-state index >= 15 is 0 Å². The molecule has 0 bridgehead atoms. The molecule has 0 radical (unpaired) electrons. The molecular weight excluding hydrogens is 348 g/mol. The van der Waals surface area contributed by atoms with Crippen molar-refractivity contribution >= 4 is 21.9 Å². The number of hydrogen-bond donors (Lipinski definition) is 1. The number of carbonyl (C=O) groups excluding carboxylic acids is 2. The van der Waals surface area contributed by atoms with Gasteiger partial charge in [-0.2, -0.15) is 4.31 Å². The number of ether oxygens (including phenoxy) is 1. The third-order valence-corrected chi connectivity index (χ3v) is 5.77. The molecule has 1 amide bonds. The van der Waals surface area contributed by atoms with Crippen LogP contribution < -0.4 is 5.32 Å². The minimum atomic E-state index is -3.64. The fraction of sp³-hybridized carbons (Fsp3) is 0.625. The van der Waals surface area contributed by atoms with Crippen LogP contribution in [0.1, 0.15) is 49.4 Å². The van der Waals surface area contributed by atoms with Gasteiger partial charge in [0.15, 0.2) is 5.76 Å². The number of aryl methyl sites for hydroxylation is 1. The first kappa shape index (κ1) is 19.5. The molecule has 1 aliphatic rings. The Bertz CT molecular complexity index is 732. The first-order chi connectivity index (χ1) is 11.7. The lowest BCUT2D eigenvalue weighted by Gasteiger charge is -2.14. The molecule has 0 spiro atoms. The van der Waals surface area contributed by atoms with Crippen molar-refractivity contribution in [3.63, 3.8) is 0 Å². The quantitative estimate of drug-likeness (QED) is 0.726. The Morgan fingerprint density at radius 2 is 1.96 bits per heavy atom. The highest BCUT2D eigenvalue weighted by Gasteiger charge is 2.31. The van der Waals surface area contributed by atoms with Crippen molar-refractivity contribution in [3.05, 3.63) is 17.6 Å². The Balaban J connectivity index is 1.99. The molecule has 8 nitrogen and oxygen atoms in total. The van der Waals surface area contributed by atoms with Crippen LogP contribution in [0.15, 0.2) is 15.4 Å². The van der Waals surface area contributed by atoms with Crippen LogP contribution in [0.2, 0.25) is 0 Å². The molecule has 1 N–H and O–H groups in total. The molecule has 9 heteroatoms. The van der Waals surface area contributed by atoms with Gasteiger partial charge in [-0.3, -0.25) is 9.59 Å². The summed E-state index contributed by atoms with van der Waals surface area (Å²) in [7, 11) is -3.64. The normalized spacial score (nSPS) is 15.5. The Hall–Kier alpha value is -1.87. The van der Waals surface area contributed by atoms with Gasteiger partial charge in [0.05, 0.1) is 12.5 Å². The van der Waals surface area contributed by atoms with Gasteiger partial charge in [-0.05, 0) is 33.6 Å². The molecule has 1 fully saturated rings. The van der Waals surface area contributed by atoms with E-state index in [1.165, 1.54) is 17.3 Å². The van der Waals surface area contributed by atoms with E-state index in [2.05, 4.69) is 5.32 Å². The van der Waals surface area contributed by atoms with Gasteiger partial charge < -0.3 is 14.5 Å². The predicted molar refractivity (Wildman–Crippen MR) is 89.6 cm³/mol.